The zero-order chi connectivity index (χ0) is 21.1. The van der Waals surface area contributed by atoms with Crippen molar-refractivity contribution in [1.82, 2.24) is 9.78 Å². The van der Waals surface area contributed by atoms with Crippen molar-refractivity contribution in [2.75, 3.05) is 5.32 Å². The van der Waals surface area contributed by atoms with Crippen LogP contribution in [0.1, 0.15) is 11.3 Å². The number of nitro benzene ring substituents is 1. The maximum absolute atomic E-state index is 12.4. The number of nitro groups is 1. The van der Waals surface area contributed by atoms with E-state index in [1.54, 1.807) is 24.4 Å². The van der Waals surface area contributed by atoms with Crippen molar-refractivity contribution >= 4 is 44.8 Å². The lowest BCUT2D eigenvalue weighted by molar-refractivity contribution is -0.384. The summed E-state index contributed by atoms with van der Waals surface area (Å²) in [5, 5.41) is 18.6. The third-order valence-electron chi connectivity index (χ3n) is 4.09. The van der Waals surface area contributed by atoms with Crippen molar-refractivity contribution in [2.24, 2.45) is 0 Å². The van der Waals surface area contributed by atoms with Gasteiger partial charge in [-0.15, -0.1) is 0 Å². The molecule has 0 saturated carbocycles. The van der Waals surface area contributed by atoms with Gasteiger partial charge >= 0.3 is 0 Å². The lowest BCUT2D eigenvalue weighted by atomic mass is 10.2. The van der Waals surface area contributed by atoms with Gasteiger partial charge in [-0.05, 0) is 53.5 Å². The van der Waals surface area contributed by atoms with E-state index in [9.17, 15) is 14.9 Å². The standard InChI is InChI=1S/C19H16BrClN4O4/c1-11-5-13(21)3-4-18(11)29-16-7-14(6-15(8-16)25(27)28)23-19(26)10-24-12(2)17(20)9-22-24/h3-9H,10H2,1-2H3,(H,23,26). The highest BCUT2D eigenvalue weighted by atomic mass is 79.9. The number of hydrogen-bond donors (Lipinski definition) is 1. The Bertz CT molecular complexity index is 1100. The molecule has 2 aromatic carbocycles. The number of carbonyl (C=O) groups excluding carboxylic acids is 1. The summed E-state index contributed by atoms with van der Waals surface area (Å²) < 4.78 is 8.09. The third-order valence-corrected chi connectivity index (χ3v) is 5.10. The number of non-ortho nitro benzene ring substituents is 1. The van der Waals surface area contributed by atoms with Crippen LogP contribution >= 0.6 is 27.5 Å². The molecule has 0 unspecified atom stereocenters. The van der Waals surface area contributed by atoms with Crippen LogP contribution in [0.3, 0.4) is 0 Å². The highest BCUT2D eigenvalue weighted by Gasteiger charge is 2.15. The molecule has 0 saturated heterocycles. The first-order valence-electron chi connectivity index (χ1n) is 8.44. The van der Waals surface area contributed by atoms with Crippen LogP contribution < -0.4 is 10.1 Å². The maximum Gasteiger partial charge on any atom is 0.275 e. The smallest absolute Gasteiger partial charge is 0.275 e. The molecule has 3 rings (SSSR count). The molecule has 3 aromatic rings. The van der Waals surface area contributed by atoms with E-state index in [0.717, 1.165) is 15.7 Å². The van der Waals surface area contributed by atoms with Crippen molar-refractivity contribution in [3.8, 4) is 11.5 Å². The number of anilines is 1. The van der Waals surface area contributed by atoms with Crippen LogP contribution in [0.4, 0.5) is 11.4 Å². The largest absolute Gasteiger partial charge is 0.457 e. The predicted molar refractivity (Wildman–Crippen MR) is 113 cm³/mol. The van der Waals surface area contributed by atoms with E-state index >= 15 is 0 Å². The van der Waals surface area contributed by atoms with Crippen molar-refractivity contribution in [3.63, 3.8) is 0 Å². The molecule has 0 fully saturated rings. The Labute approximate surface area is 179 Å². The predicted octanol–water partition coefficient (Wildman–Crippen LogP) is 5.26. The van der Waals surface area contributed by atoms with E-state index in [2.05, 4.69) is 26.3 Å². The minimum absolute atomic E-state index is 0.0351. The summed E-state index contributed by atoms with van der Waals surface area (Å²) in [6, 6.07) is 9.14. The molecule has 0 bridgehead atoms. The number of halogens is 2. The lowest BCUT2D eigenvalue weighted by Gasteiger charge is -2.11. The molecule has 150 valence electrons. The lowest BCUT2D eigenvalue weighted by Crippen LogP contribution is -2.20. The summed E-state index contributed by atoms with van der Waals surface area (Å²) in [6.07, 6.45) is 1.59. The minimum Gasteiger partial charge on any atom is -0.457 e. The number of aryl methyl sites for hydroxylation is 1. The summed E-state index contributed by atoms with van der Waals surface area (Å²) in [5.74, 6) is 0.347. The molecule has 1 heterocycles. The first-order valence-corrected chi connectivity index (χ1v) is 9.61. The SMILES string of the molecule is Cc1cc(Cl)ccc1Oc1cc(NC(=O)Cn2ncc(Br)c2C)cc([N+](=O)[O-])c1. The number of carbonyl (C=O) groups is 1. The van der Waals surface area contributed by atoms with Gasteiger partial charge < -0.3 is 10.1 Å². The van der Waals surface area contributed by atoms with Crippen LogP contribution in [0, 0.1) is 24.0 Å². The molecular formula is C19H16BrClN4O4. The second-order valence-electron chi connectivity index (χ2n) is 6.27. The molecule has 0 spiro atoms. The van der Waals surface area contributed by atoms with Crippen LogP contribution in [-0.2, 0) is 11.3 Å². The topological polar surface area (TPSA) is 99.3 Å². The van der Waals surface area contributed by atoms with E-state index < -0.39 is 4.92 Å². The number of nitrogens with zero attached hydrogens (tertiary/aromatic N) is 3. The molecule has 0 aliphatic heterocycles. The van der Waals surface area contributed by atoms with Crippen molar-refractivity contribution in [1.29, 1.82) is 0 Å². The number of amides is 1. The maximum atomic E-state index is 12.4. The summed E-state index contributed by atoms with van der Waals surface area (Å²) in [7, 11) is 0. The average molecular weight is 480 g/mol. The molecule has 1 aromatic heterocycles. The Morgan fingerprint density at radius 3 is 2.69 bits per heavy atom. The first-order chi connectivity index (χ1) is 13.7. The van der Waals surface area contributed by atoms with Crippen molar-refractivity contribution in [3.05, 3.63) is 73.5 Å². The minimum atomic E-state index is -0.550. The van der Waals surface area contributed by atoms with E-state index in [1.807, 2.05) is 13.8 Å². The number of nitrogens with one attached hydrogen (secondary N) is 1. The zero-order valence-corrected chi connectivity index (χ0v) is 17.8. The fourth-order valence-corrected chi connectivity index (χ4v) is 3.12. The van der Waals surface area contributed by atoms with Crippen molar-refractivity contribution < 1.29 is 14.5 Å². The highest BCUT2D eigenvalue weighted by molar-refractivity contribution is 9.10. The van der Waals surface area contributed by atoms with Gasteiger partial charge in [0, 0.05) is 17.2 Å². The Morgan fingerprint density at radius 2 is 2.07 bits per heavy atom. The summed E-state index contributed by atoms with van der Waals surface area (Å²) in [6.45, 7) is 3.59. The van der Waals surface area contributed by atoms with Crippen LogP contribution in [-0.4, -0.2) is 20.6 Å². The molecular weight excluding hydrogens is 464 g/mol. The molecule has 29 heavy (non-hydrogen) atoms. The van der Waals surface area contributed by atoms with Gasteiger partial charge in [-0.25, -0.2) is 0 Å². The highest BCUT2D eigenvalue weighted by Crippen LogP contribution is 2.32. The van der Waals surface area contributed by atoms with Gasteiger partial charge in [0.2, 0.25) is 5.91 Å². The second-order valence-corrected chi connectivity index (χ2v) is 7.56. The fourth-order valence-electron chi connectivity index (χ4n) is 2.59. The first kappa shape index (κ1) is 20.8. The molecule has 0 aliphatic carbocycles. The van der Waals surface area contributed by atoms with Gasteiger partial charge in [0.15, 0.2) is 0 Å². The summed E-state index contributed by atoms with van der Waals surface area (Å²) in [4.78, 5) is 23.1. The van der Waals surface area contributed by atoms with Gasteiger partial charge in [0.05, 0.1) is 33.0 Å². The van der Waals surface area contributed by atoms with E-state index in [-0.39, 0.29) is 29.6 Å². The zero-order valence-electron chi connectivity index (χ0n) is 15.5. The normalized spacial score (nSPS) is 10.6. The molecule has 0 aliphatic rings. The Hall–Kier alpha value is -2.91. The van der Waals surface area contributed by atoms with E-state index in [4.69, 9.17) is 16.3 Å². The molecule has 0 atom stereocenters. The number of ether oxygens (including phenoxy) is 1. The Morgan fingerprint density at radius 1 is 1.31 bits per heavy atom. The van der Waals surface area contributed by atoms with E-state index in [0.29, 0.717) is 10.8 Å². The number of aromatic nitrogens is 2. The average Bonchev–Trinajstić information content (AvgIpc) is 2.96. The van der Waals surface area contributed by atoms with E-state index in [1.165, 1.54) is 22.9 Å². The number of hydrogen-bond acceptors (Lipinski definition) is 5. The van der Waals surface area contributed by atoms with Gasteiger partial charge in [0.1, 0.15) is 18.0 Å². The molecule has 1 N–H and O–H groups in total. The summed E-state index contributed by atoms with van der Waals surface area (Å²) >= 11 is 9.28. The van der Waals surface area contributed by atoms with Crippen LogP contribution in [0.5, 0.6) is 11.5 Å². The van der Waals surface area contributed by atoms with Crippen LogP contribution in [0.2, 0.25) is 5.02 Å². The number of benzene rings is 2. The van der Waals surface area contributed by atoms with Crippen LogP contribution in [0.15, 0.2) is 47.1 Å². The van der Waals surface area contributed by atoms with Gasteiger partial charge in [0.25, 0.3) is 5.69 Å². The van der Waals surface area contributed by atoms with Gasteiger partial charge in [-0.2, -0.15) is 5.10 Å². The molecule has 10 heteroatoms. The van der Waals surface area contributed by atoms with Crippen molar-refractivity contribution in [2.45, 2.75) is 20.4 Å². The number of rotatable bonds is 6. The fraction of sp³-hybridized carbons (Fsp3) is 0.158. The molecule has 8 nitrogen and oxygen atoms in total. The second kappa shape index (κ2) is 8.62. The Kier molecular flexibility index (Phi) is 6.19. The quantitative estimate of drug-likeness (QED) is 0.384. The molecule has 0 radical (unpaired) electrons. The van der Waals surface area contributed by atoms with Crippen LogP contribution in [0.25, 0.3) is 0 Å². The van der Waals surface area contributed by atoms with Gasteiger partial charge in [-0.3, -0.25) is 19.6 Å². The Balaban J connectivity index is 1.83. The monoisotopic (exact) mass is 478 g/mol. The summed E-state index contributed by atoms with van der Waals surface area (Å²) in [5.41, 5.74) is 1.60. The molecule has 1 amide bonds. The van der Waals surface area contributed by atoms with Gasteiger partial charge in [-0.1, -0.05) is 11.6 Å². The third kappa shape index (κ3) is 5.12.